The van der Waals surface area contributed by atoms with Gasteiger partial charge in [0.1, 0.15) is 5.75 Å². The third-order valence-corrected chi connectivity index (χ3v) is 5.30. The molecule has 1 aliphatic heterocycles. The molecule has 0 spiro atoms. The van der Waals surface area contributed by atoms with Crippen LogP contribution in [-0.4, -0.2) is 32.7 Å². The van der Waals surface area contributed by atoms with Crippen LogP contribution in [0.2, 0.25) is 0 Å². The Morgan fingerprint density at radius 3 is 2.53 bits per heavy atom. The Morgan fingerprint density at radius 1 is 1.07 bits per heavy atom. The monoisotopic (exact) mass is 405 g/mol. The van der Waals surface area contributed by atoms with Crippen molar-refractivity contribution in [2.45, 2.75) is 40.4 Å². The van der Waals surface area contributed by atoms with Gasteiger partial charge in [-0.05, 0) is 56.7 Å². The van der Waals surface area contributed by atoms with Gasteiger partial charge in [-0.2, -0.15) is 0 Å². The highest BCUT2D eigenvalue weighted by molar-refractivity contribution is 5.59. The molecule has 3 heterocycles. The van der Waals surface area contributed by atoms with Gasteiger partial charge in [0.05, 0.1) is 25.6 Å². The Labute approximate surface area is 176 Å². The van der Waals surface area contributed by atoms with E-state index in [0.717, 1.165) is 28.4 Å². The van der Waals surface area contributed by atoms with E-state index in [4.69, 9.17) is 9.72 Å². The number of hydrogen-bond donors (Lipinski definition) is 0. The van der Waals surface area contributed by atoms with Gasteiger partial charge in [0.15, 0.2) is 0 Å². The fourth-order valence-corrected chi connectivity index (χ4v) is 3.84. The molecule has 2 aromatic heterocycles. The second-order valence-electron chi connectivity index (χ2n) is 7.35. The second kappa shape index (κ2) is 8.67. The summed E-state index contributed by atoms with van der Waals surface area (Å²) < 4.78 is 7.35. The summed E-state index contributed by atoms with van der Waals surface area (Å²) in [6, 6.07) is 13.8. The molecule has 1 aromatic carbocycles. The zero-order valence-electron chi connectivity index (χ0n) is 17.7. The van der Waals surface area contributed by atoms with Crippen LogP contribution in [0.3, 0.4) is 0 Å². The van der Waals surface area contributed by atoms with E-state index in [0.29, 0.717) is 38.9 Å². The van der Waals surface area contributed by atoms with Crippen molar-refractivity contribution in [1.82, 2.24) is 19.4 Å². The Hall–Kier alpha value is -3.19. The van der Waals surface area contributed by atoms with Crippen LogP contribution in [-0.2, 0) is 19.6 Å². The van der Waals surface area contributed by atoms with Gasteiger partial charge >= 0.3 is 0 Å². The summed E-state index contributed by atoms with van der Waals surface area (Å²) in [5, 5.41) is 0. The number of benzene rings is 1. The van der Waals surface area contributed by atoms with Crippen molar-refractivity contribution in [2.24, 2.45) is 0 Å². The predicted octanol–water partition coefficient (Wildman–Crippen LogP) is 3.48. The van der Waals surface area contributed by atoms with Crippen LogP contribution in [0.4, 0.5) is 11.6 Å². The van der Waals surface area contributed by atoms with E-state index in [1.165, 1.54) is 0 Å². The fourth-order valence-electron chi connectivity index (χ4n) is 3.84. The predicted molar refractivity (Wildman–Crippen MR) is 117 cm³/mol. The summed E-state index contributed by atoms with van der Waals surface area (Å²) in [6.07, 6.45) is 2.46. The van der Waals surface area contributed by atoms with Crippen molar-refractivity contribution in [3.05, 3.63) is 76.0 Å². The highest BCUT2D eigenvalue weighted by Gasteiger charge is 2.27. The van der Waals surface area contributed by atoms with Crippen molar-refractivity contribution in [3.8, 4) is 5.75 Å². The second-order valence-corrected chi connectivity index (χ2v) is 7.35. The summed E-state index contributed by atoms with van der Waals surface area (Å²) in [7, 11) is 0. The zero-order chi connectivity index (χ0) is 21.1. The van der Waals surface area contributed by atoms with E-state index in [1.807, 2.05) is 63.2 Å². The van der Waals surface area contributed by atoms with Gasteiger partial charge in [0.2, 0.25) is 5.95 Å². The number of aromatic nitrogens is 3. The molecule has 0 aliphatic carbocycles. The maximum absolute atomic E-state index is 13.2. The lowest BCUT2D eigenvalue weighted by atomic mass is 10.2. The number of aryl methyl sites for hydroxylation is 1. The number of rotatable bonds is 6. The Bertz CT molecular complexity index is 1060. The number of fused-ring (bicyclic) bond motifs is 1. The highest BCUT2D eigenvalue weighted by Crippen LogP contribution is 2.29. The summed E-state index contributed by atoms with van der Waals surface area (Å²) >= 11 is 0. The molecule has 4 rings (SSSR count). The summed E-state index contributed by atoms with van der Waals surface area (Å²) in [6.45, 7) is 8.25. The molecular weight excluding hydrogens is 378 g/mol. The molecular formula is C23H27N5O2. The van der Waals surface area contributed by atoms with Crippen LogP contribution in [0.15, 0.2) is 53.5 Å². The summed E-state index contributed by atoms with van der Waals surface area (Å²) in [5.74, 6) is 1.50. The Kier molecular flexibility index (Phi) is 5.81. The van der Waals surface area contributed by atoms with Gasteiger partial charge in [0, 0.05) is 29.7 Å². The lowest BCUT2D eigenvalue weighted by Crippen LogP contribution is -2.47. The molecule has 0 unspecified atom stereocenters. The lowest BCUT2D eigenvalue weighted by molar-refractivity contribution is 0.187. The van der Waals surface area contributed by atoms with Crippen LogP contribution in [0.25, 0.3) is 0 Å². The average Bonchev–Trinajstić information content (AvgIpc) is 2.76. The zero-order valence-corrected chi connectivity index (χ0v) is 17.7. The van der Waals surface area contributed by atoms with E-state index >= 15 is 0 Å². The van der Waals surface area contributed by atoms with Gasteiger partial charge in [-0.3, -0.25) is 24.1 Å². The van der Waals surface area contributed by atoms with E-state index in [2.05, 4.69) is 14.8 Å². The summed E-state index contributed by atoms with van der Waals surface area (Å²) in [4.78, 5) is 26.8. The highest BCUT2D eigenvalue weighted by atomic mass is 16.5. The molecule has 0 saturated carbocycles. The molecule has 156 valence electrons. The molecule has 1 aliphatic rings. The van der Waals surface area contributed by atoms with Crippen molar-refractivity contribution in [2.75, 3.05) is 18.2 Å². The van der Waals surface area contributed by atoms with Crippen molar-refractivity contribution in [3.63, 3.8) is 0 Å². The van der Waals surface area contributed by atoms with Gasteiger partial charge in [-0.25, -0.2) is 4.98 Å². The van der Waals surface area contributed by atoms with Gasteiger partial charge in [-0.15, -0.1) is 0 Å². The van der Waals surface area contributed by atoms with Crippen LogP contribution >= 0.6 is 0 Å². The van der Waals surface area contributed by atoms with E-state index in [-0.39, 0.29) is 5.56 Å². The maximum Gasteiger partial charge on any atom is 0.259 e. The standard InChI is InChI=1S/C23H27N5O2/c1-4-21-17(3)25-23-27(19-9-11-20(12-10-19)30-5-2)15-26(16-28(23)22(21)29)14-18-8-6-7-13-24-18/h6-13H,4-5,14-16H2,1-3H3. The third-order valence-electron chi connectivity index (χ3n) is 5.30. The van der Waals surface area contributed by atoms with Crippen LogP contribution < -0.4 is 15.2 Å². The van der Waals surface area contributed by atoms with Crippen molar-refractivity contribution in [1.29, 1.82) is 0 Å². The number of ether oxygens (including phenoxy) is 1. The summed E-state index contributed by atoms with van der Waals surface area (Å²) in [5.41, 5.74) is 3.53. The van der Waals surface area contributed by atoms with Crippen molar-refractivity contribution >= 4 is 11.6 Å². The van der Waals surface area contributed by atoms with E-state index in [9.17, 15) is 4.79 Å². The minimum Gasteiger partial charge on any atom is -0.494 e. The lowest BCUT2D eigenvalue weighted by Gasteiger charge is -2.38. The first kappa shape index (κ1) is 20.1. The number of hydrogen-bond acceptors (Lipinski definition) is 6. The average molecular weight is 406 g/mol. The van der Waals surface area contributed by atoms with Crippen LogP contribution in [0.5, 0.6) is 5.75 Å². The largest absolute Gasteiger partial charge is 0.494 e. The van der Waals surface area contributed by atoms with Gasteiger partial charge < -0.3 is 4.74 Å². The maximum atomic E-state index is 13.2. The first-order valence-electron chi connectivity index (χ1n) is 10.3. The molecule has 0 atom stereocenters. The molecule has 0 bridgehead atoms. The topological polar surface area (TPSA) is 63.5 Å². The SMILES string of the molecule is CCOc1ccc(N2CN(Cc3ccccn3)Cn3c2nc(C)c(CC)c3=O)cc1. The fraction of sp³-hybridized carbons (Fsp3) is 0.348. The molecule has 30 heavy (non-hydrogen) atoms. The van der Waals surface area contributed by atoms with Gasteiger partial charge in [-0.1, -0.05) is 13.0 Å². The normalized spacial score (nSPS) is 13.9. The minimum atomic E-state index is 0.0293. The molecule has 0 N–H and O–H groups in total. The Morgan fingerprint density at radius 2 is 1.87 bits per heavy atom. The molecule has 0 amide bonds. The van der Waals surface area contributed by atoms with E-state index in [1.54, 1.807) is 10.8 Å². The number of anilines is 2. The molecule has 7 nitrogen and oxygen atoms in total. The molecule has 3 aromatic rings. The quantitative estimate of drug-likeness (QED) is 0.626. The van der Waals surface area contributed by atoms with E-state index < -0.39 is 0 Å². The third kappa shape index (κ3) is 3.93. The van der Waals surface area contributed by atoms with Crippen LogP contribution in [0.1, 0.15) is 30.8 Å². The smallest absolute Gasteiger partial charge is 0.259 e. The number of nitrogens with zero attached hydrogens (tertiary/aromatic N) is 5. The van der Waals surface area contributed by atoms with Gasteiger partial charge in [0.25, 0.3) is 5.56 Å². The molecule has 0 radical (unpaired) electrons. The first-order chi connectivity index (χ1) is 14.6. The van der Waals surface area contributed by atoms with Crippen molar-refractivity contribution < 1.29 is 4.74 Å². The minimum absolute atomic E-state index is 0.0293. The number of pyridine rings is 1. The van der Waals surface area contributed by atoms with Crippen LogP contribution in [0, 0.1) is 6.92 Å². The Balaban J connectivity index is 1.75. The first-order valence-corrected chi connectivity index (χ1v) is 10.3. The molecule has 0 fully saturated rings. The molecule has 7 heteroatoms. The molecule has 0 saturated heterocycles.